The Morgan fingerprint density at radius 1 is 1.07 bits per heavy atom. The summed E-state index contributed by atoms with van der Waals surface area (Å²) in [6, 6.07) is 11.4. The van der Waals surface area contributed by atoms with Crippen molar-refractivity contribution in [2.75, 3.05) is 11.9 Å². The fourth-order valence-electron chi connectivity index (χ4n) is 4.75. The van der Waals surface area contributed by atoms with Crippen LogP contribution in [0, 0.1) is 6.92 Å². The molecule has 6 heteroatoms. The Balaban J connectivity index is 1.42. The third kappa shape index (κ3) is 2.98. The smallest absolute Gasteiger partial charge is 0.151 e. The summed E-state index contributed by atoms with van der Waals surface area (Å²) < 4.78 is 0. The Labute approximate surface area is 164 Å². The van der Waals surface area contributed by atoms with E-state index in [-0.39, 0.29) is 5.75 Å². The highest BCUT2D eigenvalue weighted by atomic mass is 16.3. The minimum atomic E-state index is 0.203. The molecule has 2 fully saturated rings. The summed E-state index contributed by atoms with van der Waals surface area (Å²) in [7, 11) is 2.11. The van der Waals surface area contributed by atoms with Gasteiger partial charge in [0.2, 0.25) is 0 Å². The lowest BCUT2D eigenvalue weighted by atomic mass is 9.98. The molecule has 5 rings (SSSR count). The molecule has 2 N–H and O–H groups in total. The van der Waals surface area contributed by atoms with Crippen molar-refractivity contribution >= 4 is 16.6 Å². The zero-order valence-electron chi connectivity index (χ0n) is 16.3. The van der Waals surface area contributed by atoms with Crippen molar-refractivity contribution in [3.8, 4) is 17.0 Å². The molecule has 28 heavy (non-hydrogen) atoms. The maximum Gasteiger partial charge on any atom is 0.151 e. The number of phenolic OH excluding ortho intramolecular Hbond substituents is 1. The van der Waals surface area contributed by atoms with Crippen molar-refractivity contribution in [3.05, 3.63) is 42.2 Å². The third-order valence-corrected chi connectivity index (χ3v) is 6.36. The maximum atomic E-state index is 10.5. The molecule has 144 valence electrons. The molecule has 0 amide bonds. The van der Waals surface area contributed by atoms with Gasteiger partial charge in [-0.3, -0.25) is 4.98 Å². The van der Waals surface area contributed by atoms with Gasteiger partial charge in [0, 0.05) is 48.0 Å². The first kappa shape index (κ1) is 17.4. The average molecular weight is 375 g/mol. The molecule has 3 aromatic rings. The van der Waals surface area contributed by atoms with E-state index in [4.69, 9.17) is 0 Å². The number of nitrogens with zero attached hydrogens (tertiary/aromatic N) is 4. The Kier molecular flexibility index (Phi) is 4.16. The largest absolute Gasteiger partial charge is 0.507 e. The van der Waals surface area contributed by atoms with Gasteiger partial charge < -0.3 is 15.3 Å². The standard InChI is InChI=1S/C22H25N5O/c1-13-18-12-21(28)19(9-14(18)7-8-23-13)20-5-6-22(26-25-20)27(2)17-10-15-3-4-16(11-17)24-15/h5-9,12,15-17,24,28H,3-4,10-11H2,1-2H3/t15-,16+,17+. The van der Waals surface area contributed by atoms with E-state index in [2.05, 4.69) is 32.4 Å². The SMILES string of the molecule is Cc1nccc2cc(-c3ccc(N(C)[C@H]4C[C@H]5CC[C@@H](C4)N5)nn3)c(O)cc12. The van der Waals surface area contributed by atoms with E-state index in [1.54, 1.807) is 12.3 Å². The topological polar surface area (TPSA) is 74.2 Å². The number of piperidine rings is 1. The Morgan fingerprint density at radius 2 is 1.86 bits per heavy atom. The van der Waals surface area contributed by atoms with Gasteiger partial charge in [0.25, 0.3) is 0 Å². The third-order valence-electron chi connectivity index (χ3n) is 6.36. The van der Waals surface area contributed by atoms with E-state index < -0.39 is 0 Å². The van der Waals surface area contributed by atoms with Crippen LogP contribution in [-0.4, -0.2) is 45.5 Å². The van der Waals surface area contributed by atoms with Crippen LogP contribution in [0.5, 0.6) is 5.75 Å². The van der Waals surface area contributed by atoms with Crippen LogP contribution in [0.1, 0.15) is 31.4 Å². The molecule has 4 heterocycles. The highest BCUT2D eigenvalue weighted by Crippen LogP contribution is 2.34. The number of fused-ring (bicyclic) bond motifs is 3. The van der Waals surface area contributed by atoms with Gasteiger partial charge in [-0.2, -0.15) is 0 Å². The van der Waals surface area contributed by atoms with E-state index in [1.807, 2.05) is 31.2 Å². The molecule has 2 aliphatic heterocycles. The molecule has 0 aliphatic carbocycles. The van der Waals surface area contributed by atoms with Crippen LogP contribution in [-0.2, 0) is 0 Å². The average Bonchev–Trinajstić information content (AvgIpc) is 3.05. The predicted octanol–water partition coefficient (Wildman–Crippen LogP) is 3.43. The highest BCUT2D eigenvalue weighted by molar-refractivity contribution is 5.91. The van der Waals surface area contributed by atoms with Gasteiger partial charge in [-0.15, -0.1) is 10.2 Å². The predicted molar refractivity (Wildman–Crippen MR) is 111 cm³/mol. The molecule has 2 aliphatic rings. The molecule has 2 saturated heterocycles. The number of aromatic nitrogens is 3. The second-order valence-corrected chi connectivity index (χ2v) is 8.14. The number of nitrogens with one attached hydrogen (secondary N) is 1. The first-order chi connectivity index (χ1) is 13.6. The first-order valence-corrected chi connectivity index (χ1v) is 10.00. The Hall–Kier alpha value is -2.73. The van der Waals surface area contributed by atoms with Gasteiger partial charge in [0.05, 0.1) is 5.69 Å². The number of benzene rings is 1. The quantitative estimate of drug-likeness (QED) is 0.731. The number of phenols is 1. The van der Waals surface area contributed by atoms with Crippen molar-refractivity contribution in [1.29, 1.82) is 0 Å². The minimum absolute atomic E-state index is 0.203. The van der Waals surface area contributed by atoms with E-state index >= 15 is 0 Å². The normalized spacial score (nSPS) is 23.9. The van der Waals surface area contributed by atoms with Crippen LogP contribution in [0.25, 0.3) is 22.0 Å². The summed E-state index contributed by atoms with van der Waals surface area (Å²) in [5.74, 6) is 1.09. The fourth-order valence-corrected chi connectivity index (χ4v) is 4.75. The Bertz CT molecular complexity index is 1010. The molecular formula is C22H25N5O. The van der Waals surface area contributed by atoms with Gasteiger partial charge in [-0.1, -0.05) is 0 Å². The van der Waals surface area contributed by atoms with E-state index in [0.29, 0.717) is 29.4 Å². The maximum absolute atomic E-state index is 10.5. The van der Waals surface area contributed by atoms with E-state index in [9.17, 15) is 5.11 Å². The van der Waals surface area contributed by atoms with Crippen LogP contribution in [0.3, 0.4) is 0 Å². The number of rotatable bonds is 3. The summed E-state index contributed by atoms with van der Waals surface area (Å²) in [5, 5.41) is 25.1. The molecule has 2 aromatic heterocycles. The molecular weight excluding hydrogens is 350 g/mol. The van der Waals surface area contributed by atoms with Gasteiger partial charge in [-0.25, -0.2) is 0 Å². The molecule has 0 unspecified atom stereocenters. The van der Waals surface area contributed by atoms with Crippen LogP contribution in [0.2, 0.25) is 0 Å². The number of aryl methyl sites for hydroxylation is 1. The molecule has 2 bridgehead atoms. The lowest BCUT2D eigenvalue weighted by Crippen LogP contribution is -2.47. The lowest BCUT2D eigenvalue weighted by molar-refractivity contribution is 0.353. The first-order valence-electron chi connectivity index (χ1n) is 10.00. The minimum Gasteiger partial charge on any atom is -0.507 e. The zero-order chi connectivity index (χ0) is 19.3. The monoisotopic (exact) mass is 375 g/mol. The molecule has 1 aromatic carbocycles. The lowest BCUT2D eigenvalue weighted by Gasteiger charge is -2.36. The van der Waals surface area contributed by atoms with Gasteiger partial charge in [0.1, 0.15) is 5.75 Å². The molecule has 0 radical (unpaired) electrons. The number of pyridine rings is 1. The number of anilines is 1. The van der Waals surface area contributed by atoms with Crippen molar-refractivity contribution in [2.45, 2.75) is 50.7 Å². The summed E-state index contributed by atoms with van der Waals surface area (Å²) >= 11 is 0. The number of hydrogen-bond acceptors (Lipinski definition) is 6. The van der Waals surface area contributed by atoms with Crippen LogP contribution >= 0.6 is 0 Å². The summed E-state index contributed by atoms with van der Waals surface area (Å²) in [6.07, 6.45) is 6.69. The van der Waals surface area contributed by atoms with Crippen molar-refractivity contribution in [2.24, 2.45) is 0 Å². The fraction of sp³-hybridized carbons (Fsp3) is 0.409. The van der Waals surface area contributed by atoms with Crippen molar-refractivity contribution < 1.29 is 5.11 Å². The highest BCUT2D eigenvalue weighted by Gasteiger charge is 2.35. The molecule has 0 saturated carbocycles. The second kappa shape index (κ2) is 6.71. The van der Waals surface area contributed by atoms with Crippen LogP contribution in [0.4, 0.5) is 5.82 Å². The molecule has 0 spiro atoms. The van der Waals surface area contributed by atoms with E-state index in [1.165, 1.54) is 12.8 Å². The number of aromatic hydroxyl groups is 1. The summed E-state index contributed by atoms with van der Waals surface area (Å²) in [4.78, 5) is 6.55. The Morgan fingerprint density at radius 3 is 2.57 bits per heavy atom. The second-order valence-electron chi connectivity index (χ2n) is 8.14. The van der Waals surface area contributed by atoms with Gasteiger partial charge in [-0.05, 0) is 68.3 Å². The van der Waals surface area contributed by atoms with Crippen LogP contribution < -0.4 is 10.2 Å². The van der Waals surface area contributed by atoms with Crippen molar-refractivity contribution in [1.82, 2.24) is 20.5 Å². The summed E-state index contributed by atoms with van der Waals surface area (Å²) in [5.41, 5.74) is 2.27. The number of hydrogen-bond donors (Lipinski definition) is 2. The molecule has 3 atom stereocenters. The van der Waals surface area contributed by atoms with Crippen LogP contribution in [0.15, 0.2) is 36.5 Å². The van der Waals surface area contributed by atoms with E-state index in [0.717, 1.165) is 35.1 Å². The zero-order valence-corrected chi connectivity index (χ0v) is 16.3. The summed E-state index contributed by atoms with van der Waals surface area (Å²) in [6.45, 7) is 1.94. The van der Waals surface area contributed by atoms with Gasteiger partial charge >= 0.3 is 0 Å². The van der Waals surface area contributed by atoms with Crippen molar-refractivity contribution in [3.63, 3.8) is 0 Å². The molecule has 6 nitrogen and oxygen atoms in total. The van der Waals surface area contributed by atoms with Gasteiger partial charge in [0.15, 0.2) is 5.82 Å².